The smallest absolute Gasteiger partial charge is 0.317 e. The fourth-order valence-corrected chi connectivity index (χ4v) is 3.34. The zero-order valence-corrected chi connectivity index (χ0v) is 18.3. The van der Waals surface area contributed by atoms with Gasteiger partial charge in [0.05, 0.1) is 25.7 Å². The van der Waals surface area contributed by atoms with Crippen molar-refractivity contribution in [2.24, 2.45) is 5.73 Å². The number of carboxylic acids is 1. The molecule has 0 aromatic heterocycles. The molecule has 1 atom stereocenters. The number of amides is 1. The van der Waals surface area contributed by atoms with Crippen LogP contribution >= 0.6 is 0 Å². The monoisotopic (exact) mass is 427 g/mol. The number of nitrogens with one attached hydrogen (secondary N) is 1. The largest absolute Gasteiger partial charge is 0.480 e. The van der Waals surface area contributed by atoms with Crippen LogP contribution in [0, 0.1) is 0 Å². The minimum atomic E-state index is -0.888. The van der Waals surface area contributed by atoms with Crippen molar-refractivity contribution >= 4 is 23.4 Å². The summed E-state index contributed by atoms with van der Waals surface area (Å²) < 4.78 is 0. The van der Waals surface area contributed by atoms with E-state index in [1.807, 2.05) is 14.7 Å². The van der Waals surface area contributed by atoms with Crippen molar-refractivity contribution in [1.29, 1.82) is 0 Å². The number of carbonyl (C=O) groups is 4. The van der Waals surface area contributed by atoms with Crippen LogP contribution in [0.5, 0.6) is 0 Å². The summed E-state index contributed by atoms with van der Waals surface area (Å²) in [5.41, 5.74) is 5.70. The topological polar surface area (TPSA) is 136 Å². The molecule has 0 saturated carbocycles. The summed E-state index contributed by atoms with van der Waals surface area (Å²) in [7, 11) is 0. The lowest BCUT2D eigenvalue weighted by Crippen LogP contribution is -2.43. The number of nitrogens with two attached hydrogens (primary N) is 1. The normalized spacial score (nSPS) is 18.1. The lowest BCUT2D eigenvalue weighted by molar-refractivity contribution is -0.138. The molecule has 1 saturated heterocycles. The highest BCUT2D eigenvalue weighted by molar-refractivity contribution is 5.81. The van der Waals surface area contributed by atoms with Crippen LogP contribution in [-0.2, 0) is 19.2 Å². The number of hydrogen-bond donors (Lipinski definition) is 3. The summed E-state index contributed by atoms with van der Waals surface area (Å²) in [5.74, 6) is -0.940. The number of Topliss-reactive ketones (excluding diaryl/α,β-unsaturated/α-hetero) is 2. The molecular formula is C20H37N5O5. The Kier molecular flexibility index (Phi) is 12.4. The van der Waals surface area contributed by atoms with Crippen molar-refractivity contribution in [3.8, 4) is 0 Å². The number of ketones is 2. The molecule has 4 N–H and O–H groups in total. The van der Waals surface area contributed by atoms with Crippen molar-refractivity contribution in [2.75, 3.05) is 65.4 Å². The van der Waals surface area contributed by atoms with Gasteiger partial charge in [0.1, 0.15) is 11.6 Å². The molecular weight excluding hydrogens is 390 g/mol. The van der Waals surface area contributed by atoms with Gasteiger partial charge in [0, 0.05) is 45.8 Å². The van der Waals surface area contributed by atoms with Crippen molar-refractivity contribution in [3.63, 3.8) is 0 Å². The Labute approximate surface area is 178 Å². The van der Waals surface area contributed by atoms with Crippen LogP contribution in [0.3, 0.4) is 0 Å². The second kappa shape index (κ2) is 14.2. The highest BCUT2D eigenvalue weighted by Gasteiger charge is 2.20. The van der Waals surface area contributed by atoms with Gasteiger partial charge in [0.2, 0.25) is 5.91 Å². The first kappa shape index (κ1) is 26.2. The summed E-state index contributed by atoms with van der Waals surface area (Å²) >= 11 is 0. The molecule has 1 amide bonds. The number of carbonyl (C=O) groups excluding carboxylic acids is 3. The average molecular weight is 428 g/mol. The Morgan fingerprint density at radius 2 is 1.37 bits per heavy atom. The molecule has 1 aliphatic heterocycles. The highest BCUT2D eigenvalue weighted by atomic mass is 16.4. The SMILES string of the molecule is CC(=O)CN1CCN(CC(=O)O)CCN(CC(=O)NCCCCC(N)C(C)=O)CC1. The van der Waals surface area contributed by atoms with Gasteiger partial charge in [-0.25, -0.2) is 0 Å². The van der Waals surface area contributed by atoms with Gasteiger partial charge in [-0.1, -0.05) is 0 Å². The molecule has 1 rings (SSSR count). The maximum Gasteiger partial charge on any atom is 0.317 e. The number of nitrogens with zero attached hydrogens (tertiary/aromatic N) is 3. The van der Waals surface area contributed by atoms with Gasteiger partial charge in [-0.05, 0) is 33.1 Å². The molecule has 0 radical (unpaired) electrons. The molecule has 0 aliphatic carbocycles. The molecule has 0 aromatic rings. The van der Waals surface area contributed by atoms with Crippen LogP contribution < -0.4 is 11.1 Å². The predicted octanol–water partition coefficient (Wildman–Crippen LogP) is -1.22. The maximum absolute atomic E-state index is 12.3. The Hall–Kier alpha value is -1.88. The van der Waals surface area contributed by atoms with Crippen molar-refractivity contribution < 1.29 is 24.3 Å². The first-order valence-electron chi connectivity index (χ1n) is 10.6. The van der Waals surface area contributed by atoms with Crippen molar-refractivity contribution in [1.82, 2.24) is 20.0 Å². The molecule has 1 heterocycles. The number of hydrogen-bond acceptors (Lipinski definition) is 8. The summed E-state index contributed by atoms with van der Waals surface area (Å²) in [5, 5.41) is 12.0. The molecule has 10 heteroatoms. The van der Waals surface area contributed by atoms with E-state index in [1.54, 1.807) is 0 Å². The maximum atomic E-state index is 12.3. The zero-order valence-electron chi connectivity index (χ0n) is 18.3. The van der Waals surface area contributed by atoms with E-state index in [0.717, 1.165) is 12.8 Å². The van der Waals surface area contributed by atoms with Crippen molar-refractivity contribution in [3.05, 3.63) is 0 Å². The molecule has 1 unspecified atom stereocenters. The first-order chi connectivity index (χ1) is 14.2. The molecule has 0 bridgehead atoms. The second-order valence-electron chi connectivity index (χ2n) is 7.99. The molecule has 0 spiro atoms. The Bertz CT molecular complexity index is 558. The van der Waals surface area contributed by atoms with Gasteiger partial charge < -0.3 is 16.2 Å². The average Bonchev–Trinajstić information content (AvgIpc) is 2.73. The van der Waals surface area contributed by atoms with E-state index >= 15 is 0 Å². The van der Waals surface area contributed by atoms with Crippen LogP contribution in [0.4, 0.5) is 0 Å². The lowest BCUT2D eigenvalue weighted by Gasteiger charge is -2.24. The Morgan fingerprint density at radius 3 is 1.83 bits per heavy atom. The first-order valence-corrected chi connectivity index (χ1v) is 10.6. The third kappa shape index (κ3) is 12.0. The van der Waals surface area contributed by atoms with Crippen LogP contribution in [0.15, 0.2) is 0 Å². The van der Waals surface area contributed by atoms with Gasteiger partial charge in [-0.15, -0.1) is 0 Å². The van der Waals surface area contributed by atoms with Gasteiger partial charge in [0.15, 0.2) is 0 Å². The summed E-state index contributed by atoms with van der Waals surface area (Å²) in [4.78, 5) is 51.9. The van der Waals surface area contributed by atoms with Crippen molar-refractivity contribution in [2.45, 2.75) is 39.2 Å². The minimum absolute atomic E-state index is 0.0252. The third-order valence-electron chi connectivity index (χ3n) is 5.16. The number of rotatable bonds is 12. The minimum Gasteiger partial charge on any atom is -0.480 e. The number of carboxylic acid groups (broad SMARTS) is 1. The van der Waals surface area contributed by atoms with Crippen LogP contribution in [-0.4, -0.2) is 115 Å². The van der Waals surface area contributed by atoms with Gasteiger partial charge in [-0.3, -0.25) is 33.9 Å². The standard InChI is InChI=1S/C20H37N5O5/c1-16(26)13-23-7-9-24(10-12-25(11-8-23)15-20(29)30)14-19(28)22-6-4-3-5-18(21)17(2)27/h18H,3-15,21H2,1-2H3,(H,22,28)(H,29,30). The van der Waals surface area contributed by atoms with E-state index in [9.17, 15) is 19.2 Å². The lowest BCUT2D eigenvalue weighted by atomic mass is 10.1. The van der Waals surface area contributed by atoms with Gasteiger partial charge in [-0.2, -0.15) is 0 Å². The van der Waals surface area contributed by atoms with E-state index in [1.165, 1.54) is 13.8 Å². The molecule has 10 nitrogen and oxygen atoms in total. The molecule has 172 valence electrons. The van der Waals surface area contributed by atoms with Crippen LogP contribution in [0.25, 0.3) is 0 Å². The number of unbranched alkanes of at least 4 members (excludes halogenated alkanes) is 1. The molecule has 30 heavy (non-hydrogen) atoms. The fourth-order valence-electron chi connectivity index (χ4n) is 3.34. The Morgan fingerprint density at radius 1 is 0.867 bits per heavy atom. The quantitative estimate of drug-likeness (QED) is 0.327. The predicted molar refractivity (Wildman–Crippen MR) is 113 cm³/mol. The summed E-state index contributed by atoms with van der Waals surface area (Å²) in [6.45, 7) is 7.64. The highest BCUT2D eigenvalue weighted by Crippen LogP contribution is 2.02. The van der Waals surface area contributed by atoms with Crippen LogP contribution in [0.2, 0.25) is 0 Å². The second-order valence-corrected chi connectivity index (χ2v) is 7.99. The van der Waals surface area contributed by atoms with E-state index in [-0.39, 0.29) is 30.6 Å². The van der Waals surface area contributed by atoms with E-state index in [2.05, 4.69) is 5.32 Å². The van der Waals surface area contributed by atoms with Gasteiger partial charge >= 0.3 is 5.97 Å². The van der Waals surface area contributed by atoms with Gasteiger partial charge in [0.25, 0.3) is 0 Å². The van der Waals surface area contributed by atoms with E-state index in [0.29, 0.717) is 58.8 Å². The third-order valence-corrected chi connectivity index (χ3v) is 5.16. The molecule has 0 aromatic carbocycles. The number of aliphatic carboxylic acids is 1. The Balaban J connectivity index is 2.48. The molecule has 1 aliphatic rings. The van der Waals surface area contributed by atoms with E-state index in [4.69, 9.17) is 10.8 Å². The molecule has 1 fully saturated rings. The van der Waals surface area contributed by atoms with E-state index < -0.39 is 12.0 Å². The zero-order chi connectivity index (χ0) is 22.5. The summed E-state index contributed by atoms with van der Waals surface area (Å²) in [6.07, 6.45) is 2.14. The fraction of sp³-hybridized carbons (Fsp3) is 0.800. The summed E-state index contributed by atoms with van der Waals surface area (Å²) in [6, 6.07) is -0.433. The van der Waals surface area contributed by atoms with Crippen LogP contribution in [0.1, 0.15) is 33.1 Å².